The van der Waals surface area contributed by atoms with Crippen molar-refractivity contribution in [2.75, 3.05) is 55.8 Å². The molecule has 4 aliphatic rings. The second kappa shape index (κ2) is 9.09. The Hall–Kier alpha value is -2.53. The molecule has 192 valence electrons. The molecule has 0 amide bonds. The average molecular weight is 514 g/mol. The zero-order valence-corrected chi connectivity index (χ0v) is 21.5. The number of nitrogens with zero attached hydrogens (tertiary/aromatic N) is 6. The fourth-order valence-electron chi connectivity index (χ4n) is 5.96. The van der Waals surface area contributed by atoms with Gasteiger partial charge in [0.15, 0.2) is 0 Å². The highest BCUT2D eigenvalue weighted by Gasteiger charge is 2.48. The van der Waals surface area contributed by atoms with E-state index in [4.69, 9.17) is 36.8 Å². The number of pyridine rings is 1. The van der Waals surface area contributed by atoms with Crippen molar-refractivity contribution in [2.24, 2.45) is 23.2 Å². The van der Waals surface area contributed by atoms with Gasteiger partial charge in [0.05, 0.1) is 54.5 Å². The maximum Gasteiger partial charge on any atom is 0.264 e. The molecule has 0 aromatic carbocycles. The van der Waals surface area contributed by atoms with Crippen molar-refractivity contribution in [1.29, 1.82) is 0 Å². The van der Waals surface area contributed by atoms with Crippen LogP contribution in [0.1, 0.15) is 36.6 Å². The molecule has 1 spiro atoms. The minimum absolute atomic E-state index is 0.0120. The van der Waals surface area contributed by atoms with Gasteiger partial charge < -0.3 is 25.0 Å². The van der Waals surface area contributed by atoms with E-state index in [0.29, 0.717) is 65.7 Å². The molecule has 0 aliphatic carbocycles. The summed E-state index contributed by atoms with van der Waals surface area (Å²) in [5, 5.41) is 0.503. The van der Waals surface area contributed by atoms with Gasteiger partial charge in [0.1, 0.15) is 5.82 Å². The third-order valence-electron chi connectivity index (χ3n) is 8.29. The molecule has 0 saturated carbocycles. The monoisotopic (exact) mass is 513 g/mol. The molecular weight excluding hydrogens is 482 g/mol. The van der Waals surface area contributed by atoms with Crippen LogP contribution in [-0.2, 0) is 23.1 Å². The van der Waals surface area contributed by atoms with E-state index in [2.05, 4.69) is 14.8 Å². The lowest BCUT2D eigenvalue weighted by Crippen LogP contribution is -2.51. The van der Waals surface area contributed by atoms with Crippen molar-refractivity contribution in [3.8, 4) is 0 Å². The van der Waals surface area contributed by atoms with Crippen LogP contribution in [-0.4, -0.2) is 78.4 Å². The first kappa shape index (κ1) is 23.8. The van der Waals surface area contributed by atoms with E-state index in [0.717, 1.165) is 39.0 Å². The lowest BCUT2D eigenvalue weighted by Gasteiger charge is -2.41. The number of rotatable bonds is 3. The third-order valence-corrected chi connectivity index (χ3v) is 8.66. The van der Waals surface area contributed by atoms with Gasteiger partial charge >= 0.3 is 0 Å². The molecule has 2 aromatic rings. The summed E-state index contributed by atoms with van der Waals surface area (Å²) >= 11 is 6.83. The van der Waals surface area contributed by atoms with Crippen LogP contribution < -0.4 is 21.1 Å². The summed E-state index contributed by atoms with van der Waals surface area (Å²) in [7, 11) is 1.78. The standard InChI is InChI=1S/C25H32ClN7O3/c1-15-21(27)25(14-36-15)4-7-33(8-5-25)24-30-17-13-29-20(18(17)23(34)31(24)2)16-3-6-28-22(19(16)26)32-9-11-35-12-10-32/h3,6,15,21H,4-5,7-14,27H2,1-2H3/t15-,21+/m0/s1. The van der Waals surface area contributed by atoms with Crippen LogP contribution in [0, 0.1) is 5.41 Å². The summed E-state index contributed by atoms with van der Waals surface area (Å²) in [6, 6.07) is 1.87. The van der Waals surface area contributed by atoms with Crippen LogP contribution in [0.5, 0.6) is 0 Å². The van der Waals surface area contributed by atoms with Crippen molar-refractivity contribution in [1.82, 2.24) is 14.5 Å². The van der Waals surface area contributed by atoms with E-state index in [1.165, 1.54) is 0 Å². The minimum atomic E-state index is -0.109. The molecule has 11 heteroatoms. The Balaban J connectivity index is 1.28. The van der Waals surface area contributed by atoms with Crippen LogP contribution in [0.25, 0.3) is 0 Å². The minimum Gasteiger partial charge on any atom is -0.378 e. The number of hydrogen-bond acceptors (Lipinski definition) is 9. The highest BCUT2D eigenvalue weighted by molar-refractivity contribution is 6.37. The van der Waals surface area contributed by atoms with Crippen LogP contribution in [0.15, 0.2) is 22.1 Å². The number of halogens is 1. The first-order valence-corrected chi connectivity index (χ1v) is 13.0. The average Bonchev–Trinajstić information content (AvgIpc) is 3.44. The molecule has 0 radical (unpaired) electrons. The summed E-state index contributed by atoms with van der Waals surface area (Å²) in [6.45, 7) is 7.39. The van der Waals surface area contributed by atoms with Gasteiger partial charge in [0.2, 0.25) is 5.95 Å². The van der Waals surface area contributed by atoms with Gasteiger partial charge in [-0.1, -0.05) is 11.6 Å². The second-order valence-corrected chi connectivity index (χ2v) is 10.6. The maximum atomic E-state index is 13.6. The van der Waals surface area contributed by atoms with Gasteiger partial charge in [-0.15, -0.1) is 0 Å². The number of piperidine rings is 1. The van der Waals surface area contributed by atoms with Crippen molar-refractivity contribution in [3.05, 3.63) is 44.5 Å². The number of morpholine rings is 1. The van der Waals surface area contributed by atoms with E-state index in [1.54, 1.807) is 17.8 Å². The van der Waals surface area contributed by atoms with Crippen molar-refractivity contribution >= 4 is 29.1 Å². The predicted molar refractivity (Wildman–Crippen MR) is 138 cm³/mol. The number of ether oxygens (including phenoxy) is 2. The SMILES string of the molecule is C[C@@H]1OCC2(CCN(c3nc4c(c(=O)n3C)C(c3ccnc(N5CCOCC5)c3Cl)=NC4)CC2)[C@@H]1N. The fraction of sp³-hybridized carbons (Fsp3) is 0.600. The highest BCUT2D eigenvalue weighted by Crippen LogP contribution is 2.42. The smallest absolute Gasteiger partial charge is 0.264 e. The Morgan fingerprint density at radius 3 is 2.61 bits per heavy atom. The van der Waals surface area contributed by atoms with E-state index in [1.807, 2.05) is 13.0 Å². The first-order valence-electron chi connectivity index (χ1n) is 12.6. The summed E-state index contributed by atoms with van der Waals surface area (Å²) in [5.74, 6) is 1.38. The molecule has 10 nitrogen and oxygen atoms in total. The van der Waals surface area contributed by atoms with Crippen molar-refractivity contribution in [3.63, 3.8) is 0 Å². The summed E-state index contributed by atoms with van der Waals surface area (Å²) in [4.78, 5) is 32.1. The van der Waals surface area contributed by atoms with Crippen LogP contribution in [0.2, 0.25) is 5.02 Å². The van der Waals surface area contributed by atoms with Gasteiger partial charge in [-0.25, -0.2) is 9.97 Å². The molecule has 4 aliphatic heterocycles. The van der Waals surface area contributed by atoms with E-state index < -0.39 is 0 Å². The molecule has 6 rings (SSSR count). The van der Waals surface area contributed by atoms with Crippen LogP contribution in [0.4, 0.5) is 11.8 Å². The summed E-state index contributed by atoms with van der Waals surface area (Å²) in [5.41, 5.74) is 8.91. The highest BCUT2D eigenvalue weighted by atomic mass is 35.5. The van der Waals surface area contributed by atoms with Gasteiger partial charge in [-0.2, -0.15) is 0 Å². The molecule has 0 bridgehead atoms. The third kappa shape index (κ3) is 3.73. The Labute approximate surface area is 215 Å². The maximum absolute atomic E-state index is 13.6. The Morgan fingerprint density at radius 2 is 1.92 bits per heavy atom. The van der Waals surface area contributed by atoms with Crippen molar-refractivity contribution < 1.29 is 9.47 Å². The zero-order valence-electron chi connectivity index (χ0n) is 20.7. The number of aliphatic imine (C=N–C) groups is 1. The van der Waals surface area contributed by atoms with E-state index in [9.17, 15) is 4.79 Å². The molecule has 3 saturated heterocycles. The number of anilines is 2. The molecule has 2 aromatic heterocycles. The fourth-order valence-corrected chi connectivity index (χ4v) is 6.28. The Bertz CT molecular complexity index is 1270. The molecule has 0 unspecified atom stereocenters. The first-order chi connectivity index (χ1) is 17.4. The number of hydrogen-bond donors (Lipinski definition) is 1. The molecule has 2 N–H and O–H groups in total. The molecular formula is C25H32ClN7O3. The van der Waals surface area contributed by atoms with Crippen LogP contribution in [0.3, 0.4) is 0 Å². The summed E-state index contributed by atoms with van der Waals surface area (Å²) < 4.78 is 13.0. The quantitative estimate of drug-likeness (QED) is 0.654. The summed E-state index contributed by atoms with van der Waals surface area (Å²) in [6.07, 6.45) is 3.65. The van der Waals surface area contributed by atoms with Gasteiger partial charge in [0.25, 0.3) is 5.56 Å². The Morgan fingerprint density at radius 1 is 1.17 bits per heavy atom. The predicted octanol–water partition coefficient (Wildman–Crippen LogP) is 1.35. The molecule has 2 atom stereocenters. The van der Waals surface area contributed by atoms with Gasteiger partial charge in [0, 0.05) is 56.4 Å². The lowest BCUT2D eigenvalue weighted by molar-refractivity contribution is 0.0973. The Kier molecular flexibility index (Phi) is 6.02. The molecule has 36 heavy (non-hydrogen) atoms. The topological polar surface area (TPSA) is 111 Å². The van der Waals surface area contributed by atoms with E-state index in [-0.39, 0.29) is 23.1 Å². The number of fused-ring (bicyclic) bond motifs is 1. The number of aromatic nitrogens is 3. The van der Waals surface area contributed by atoms with Gasteiger partial charge in [-0.3, -0.25) is 14.4 Å². The zero-order chi connectivity index (χ0) is 25.0. The largest absolute Gasteiger partial charge is 0.378 e. The van der Waals surface area contributed by atoms with Gasteiger partial charge in [-0.05, 0) is 25.8 Å². The van der Waals surface area contributed by atoms with Crippen LogP contribution >= 0.6 is 11.6 Å². The molecule has 3 fully saturated rings. The second-order valence-electron chi connectivity index (χ2n) is 10.2. The van der Waals surface area contributed by atoms with Crippen molar-refractivity contribution in [2.45, 2.75) is 38.5 Å². The molecule has 6 heterocycles. The van der Waals surface area contributed by atoms with E-state index >= 15 is 0 Å². The number of nitrogens with two attached hydrogens (primary N) is 1. The lowest BCUT2D eigenvalue weighted by atomic mass is 9.73. The normalized spacial score (nSPS) is 25.4.